The summed E-state index contributed by atoms with van der Waals surface area (Å²) in [6, 6.07) is 32.2. The van der Waals surface area contributed by atoms with Crippen LogP contribution < -0.4 is 0 Å². The summed E-state index contributed by atoms with van der Waals surface area (Å²) in [6.45, 7) is 0. The van der Waals surface area contributed by atoms with Crippen LogP contribution in [0.4, 0.5) is 0 Å². The molecule has 10 nitrogen and oxygen atoms in total. The molecule has 48 heavy (non-hydrogen) atoms. The second-order valence-corrected chi connectivity index (χ2v) is 14.2. The Balaban J connectivity index is 0.000000377. The molecule has 0 aliphatic carbocycles. The van der Waals surface area contributed by atoms with Crippen LogP contribution in [-0.2, 0) is 7.65 Å². The zero-order chi connectivity index (χ0) is 33.0. The van der Waals surface area contributed by atoms with Crippen LogP contribution in [0.25, 0.3) is 89.7 Å². The van der Waals surface area contributed by atoms with E-state index in [1.165, 1.54) is 0 Å². The van der Waals surface area contributed by atoms with Crippen LogP contribution in [0.15, 0.2) is 97.1 Å². The molecule has 0 unspecified atom stereocenters. The molecule has 0 radical (unpaired) electrons. The monoisotopic (exact) mass is 792 g/mol. The molecule has 0 spiro atoms. The zero-order valence-corrected chi connectivity index (χ0v) is 32.8. The van der Waals surface area contributed by atoms with Gasteiger partial charge in [-0.25, -0.2) is 29.9 Å². The van der Waals surface area contributed by atoms with Gasteiger partial charge in [0.05, 0.1) is 0 Å². The third-order valence-electron chi connectivity index (χ3n) is 7.88. The van der Waals surface area contributed by atoms with Gasteiger partial charge in [0.1, 0.15) is 22.6 Å². The molecular formula is C34H20Cl3InN8O2. The number of aromatic amines is 2. The summed E-state index contributed by atoms with van der Waals surface area (Å²) >= 11 is 15.0. The van der Waals surface area contributed by atoms with Gasteiger partial charge >= 0.3 is 77.0 Å². The Morgan fingerprint density at radius 2 is 0.771 bits per heavy atom. The fourth-order valence-corrected chi connectivity index (χ4v) is 7.92. The first kappa shape index (κ1) is 30.8. The van der Waals surface area contributed by atoms with E-state index in [-0.39, 0.29) is 24.8 Å². The van der Waals surface area contributed by atoms with Gasteiger partial charge < -0.3 is 9.97 Å². The molecule has 3 aromatic heterocycles. The van der Waals surface area contributed by atoms with Gasteiger partial charge in [-0.3, -0.25) is 0 Å². The van der Waals surface area contributed by atoms with Gasteiger partial charge in [-0.2, -0.15) is 0 Å². The van der Waals surface area contributed by atoms with Crippen molar-refractivity contribution in [1.82, 2.24) is 39.9 Å². The normalized spacial score (nSPS) is 11.8. The van der Waals surface area contributed by atoms with E-state index in [0.29, 0.717) is 45.9 Å². The van der Waals surface area contributed by atoms with Gasteiger partial charge in [0.2, 0.25) is 0 Å². The molecule has 14 heteroatoms. The molecule has 0 saturated heterocycles. The number of hydrogen-bond donors (Lipinski definition) is 2. The van der Waals surface area contributed by atoms with Crippen LogP contribution in [0, 0.1) is 0 Å². The van der Waals surface area contributed by atoms with E-state index in [0.717, 1.165) is 43.8 Å². The molecule has 0 atom stereocenters. The van der Waals surface area contributed by atoms with Gasteiger partial charge in [0.25, 0.3) is 0 Å². The van der Waals surface area contributed by atoms with E-state index in [9.17, 15) is 4.79 Å². The molecule has 232 valence electrons. The number of nitrogens with zero attached hydrogens (tertiary/aromatic N) is 6. The number of aromatic nitrogens is 8. The first-order chi connectivity index (χ1) is 23.3. The van der Waals surface area contributed by atoms with E-state index in [2.05, 4.69) is 12.8 Å². The molecule has 9 rings (SSSR count). The van der Waals surface area contributed by atoms with Gasteiger partial charge in [-0.15, -0.1) is 0 Å². The standard InChI is InChI=1S/C32H18N8.C2HCl3O2.In.2H/c1-2-10-18-17(9-1)25-33-26(18)38-28-21-13-5-6-14-22(21)30(35-28)40-32-24-16-8-7-15-23(24)31(36-32)39-29-20-12-4-3-11-19(20)27(34-29)37-25;3-2(4,5)1(6)7;;;/h1-16H,(H2,33,34,35,36,37,38,39,40);(H,6,7);;;/q;;+1;;/p-1. The molecule has 2 aliphatic rings. The van der Waals surface area contributed by atoms with Crippen molar-refractivity contribution in [2.75, 3.05) is 0 Å². The van der Waals surface area contributed by atoms with Crippen molar-refractivity contribution in [1.29, 1.82) is 0 Å². The van der Waals surface area contributed by atoms with E-state index < -0.39 is 9.76 Å². The molecule has 8 bridgehead atoms. The van der Waals surface area contributed by atoms with Crippen LogP contribution in [0.3, 0.4) is 0 Å². The van der Waals surface area contributed by atoms with Crippen molar-refractivity contribution in [3.63, 3.8) is 0 Å². The first-order valence-electron chi connectivity index (χ1n) is 14.6. The summed E-state index contributed by atoms with van der Waals surface area (Å²) < 4.78 is 2.41. The number of halogens is 3. The molecule has 7 aromatic rings. The number of carbonyl (C=O) groups is 1. The Labute approximate surface area is 301 Å². The molecule has 2 aliphatic heterocycles. The molecule has 0 fully saturated rings. The maximum atomic E-state index is 10.3. The summed E-state index contributed by atoms with van der Waals surface area (Å²) in [4.78, 5) is 47.0. The minimum atomic E-state index is -1.88. The predicted octanol–water partition coefficient (Wildman–Crippen LogP) is 7.32. The van der Waals surface area contributed by atoms with Crippen LogP contribution in [-0.4, -0.2) is 74.4 Å². The Morgan fingerprint density at radius 1 is 0.500 bits per heavy atom. The average molecular weight is 794 g/mol. The van der Waals surface area contributed by atoms with Crippen molar-refractivity contribution < 1.29 is 7.65 Å². The van der Waals surface area contributed by atoms with Crippen LogP contribution >= 0.6 is 34.8 Å². The number of fused-ring (bicyclic) bond motifs is 20. The molecule has 0 saturated carbocycles. The number of rotatable bonds is 0. The van der Waals surface area contributed by atoms with E-state index in [1.54, 1.807) is 0 Å². The summed E-state index contributed by atoms with van der Waals surface area (Å²) in [7, 11) is 0. The van der Waals surface area contributed by atoms with Crippen molar-refractivity contribution >= 4 is 110 Å². The molecule has 0 amide bonds. The van der Waals surface area contributed by atoms with Crippen molar-refractivity contribution in [2.24, 2.45) is 0 Å². The number of hydrogen-bond acceptors (Lipinski definition) is 8. The number of nitrogens with one attached hydrogen (secondary N) is 2. The van der Waals surface area contributed by atoms with Gasteiger partial charge in [0, 0.05) is 43.8 Å². The predicted molar refractivity (Wildman–Crippen MR) is 191 cm³/mol. The van der Waals surface area contributed by atoms with Gasteiger partial charge in [0.15, 0.2) is 23.3 Å². The maximum absolute atomic E-state index is 10.3. The van der Waals surface area contributed by atoms with E-state index in [1.807, 2.05) is 97.1 Å². The van der Waals surface area contributed by atoms with Crippen molar-refractivity contribution in [3.05, 3.63) is 97.1 Å². The molecular weight excluding hydrogens is 774 g/mol. The average Bonchev–Trinajstić information content (AvgIpc) is 3.83. The van der Waals surface area contributed by atoms with Crippen LogP contribution in [0.1, 0.15) is 0 Å². The molecule has 2 N–H and O–H groups in total. The Kier molecular flexibility index (Phi) is 7.79. The fourth-order valence-electron chi connectivity index (χ4n) is 5.71. The third-order valence-corrected chi connectivity index (χ3v) is 9.40. The minimum absolute atomic E-state index is 0.206. The molecule has 4 aromatic carbocycles. The van der Waals surface area contributed by atoms with Crippen molar-refractivity contribution in [2.45, 2.75) is 3.79 Å². The first-order valence-corrected chi connectivity index (χ1v) is 18.1. The summed E-state index contributed by atoms with van der Waals surface area (Å²) in [5.41, 5.74) is 6.45. The SMILES string of the molecule is O=C([O][InH2])C(Cl)(Cl)Cl.c1ccc2c(c1)-c1nc-2nc2[nH]c(nc3nc(nc4[nH]c(n1)c1ccccc41)-c1ccccc1-3)c1ccccc21. The number of H-pyrrole nitrogens is 2. The Morgan fingerprint density at radius 3 is 1.00 bits per heavy atom. The van der Waals surface area contributed by atoms with Gasteiger partial charge in [-0.1, -0.05) is 97.1 Å². The fraction of sp³-hybridized carbons (Fsp3) is 0.0294. The van der Waals surface area contributed by atoms with Gasteiger partial charge in [-0.05, 0) is 0 Å². The second-order valence-electron chi connectivity index (χ2n) is 10.8. The smallest absolute Gasteiger partial charge is 0.164 e. The molecule has 5 heterocycles. The van der Waals surface area contributed by atoms with E-state index >= 15 is 0 Å². The zero-order valence-electron chi connectivity index (χ0n) is 24.9. The maximum Gasteiger partial charge on any atom is 0.164 e. The largest absolute Gasteiger partial charge is 0.324 e. The number of benzene rings is 4. The number of alkyl halides is 3. The number of carbonyl (C=O) groups excluding carboxylic acids is 1. The minimum Gasteiger partial charge on any atom is -0.324 e. The Hall–Kier alpha value is -4.55. The quantitative estimate of drug-likeness (QED) is 0.153. The third kappa shape index (κ3) is 5.46. The Bertz CT molecular complexity index is 2280. The van der Waals surface area contributed by atoms with Crippen LogP contribution in [0.2, 0.25) is 0 Å². The summed E-state index contributed by atoms with van der Waals surface area (Å²) in [5, 5.41) is 3.82. The second kappa shape index (κ2) is 12.2. The van der Waals surface area contributed by atoms with E-state index in [4.69, 9.17) is 64.7 Å². The summed E-state index contributed by atoms with van der Waals surface area (Å²) in [6.07, 6.45) is 0. The van der Waals surface area contributed by atoms with Crippen molar-refractivity contribution in [3.8, 4) is 45.6 Å². The topological polar surface area (TPSA) is 135 Å². The summed E-state index contributed by atoms with van der Waals surface area (Å²) in [5.74, 6) is 1.61. The van der Waals surface area contributed by atoms with Crippen LogP contribution in [0.5, 0.6) is 0 Å².